The van der Waals surface area contributed by atoms with Gasteiger partial charge in [0.25, 0.3) is 0 Å². The van der Waals surface area contributed by atoms with Crippen LogP contribution in [0.1, 0.15) is 44.2 Å². The molecule has 2 aromatic rings. The number of carboxylic acids is 1. The maximum absolute atomic E-state index is 12.2. The molecule has 0 aliphatic heterocycles. The van der Waals surface area contributed by atoms with E-state index in [1.165, 1.54) is 38.1 Å². The first kappa shape index (κ1) is 24.3. The van der Waals surface area contributed by atoms with Crippen LogP contribution in [0.25, 0.3) is 0 Å². The number of ether oxygens (including phenoxy) is 3. The SMILES string of the molecule is Cc1cc(OCC2(CC#Cc3ccc(OC(F)(F)F)cc3)CC2)ccc1OC(C)(C)C(=O)O. The van der Waals surface area contributed by atoms with Crippen LogP contribution in [0.3, 0.4) is 0 Å². The molecule has 8 heteroatoms. The summed E-state index contributed by atoms with van der Waals surface area (Å²) in [5, 5.41) is 9.22. The highest BCUT2D eigenvalue weighted by Crippen LogP contribution is 2.49. The Morgan fingerprint density at radius 3 is 2.24 bits per heavy atom. The molecule has 0 aromatic heterocycles. The van der Waals surface area contributed by atoms with Gasteiger partial charge in [0.15, 0.2) is 5.60 Å². The van der Waals surface area contributed by atoms with Gasteiger partial charge in [-0.05, 0) is 81.6 Å². The average molecular weight is 462 g/mol. The van der Waals surface area contributed by atoms with Crippen LogP contribution in [0, 0.1) is 24.2 Å². The lowest BCUT2D eigenvalue weighted by molar-refractivity contribution is -0.274. The van der Waals surface area contributed by atoms with E-state index in [9.17, 15) is 23.1 Å². The Hall–Kier alpha value is -3.34. The number of aryl methyl sites for hydroxylation is 1. The molecule has 0 heterocycles. The number of hydrogen-bond acceptors (Lipinski definition) is 4. The van der Waals surface area contributed by atoms with Gasteiger partial charge in [-0.25, -0.2) is 4.79 Å². The van der Waals surface area contributed by atoms with E-state index in [1.807, 2.05) is 6.92 Å². The van der Waals surface area contributed by atoms with Gasteiger partial charge in [-0.2, -0.15) is 0 Å². The number of hydrogen-bond donors (Lipinski definition) is 1. The van der Waals surface area contributed by atoms with Crippen molar-refractivity contribution in [1.82, 2.24) is 0 Å². The number of benzene rings is 2. The van der Waals surface area contributed by atoms with Crippen molar-refractivity contribution in [1.29, 1.82) is 0 Å². The van der Waals surface area contributed by atoms with Gasteiger partial charge in [0.05, 0.1) is 6.61 Å². The minimum absolute atomic E-state index is 0.0410. The van der Waals surface area contributed by atoms with Crippen LogP contribution in [-0.2, 0) is 4.79 Å². The van der Waals surface area contributed by atoms with E-state index in [0.29, 0.717) is 30.1 Å². The second-order valence-electron chi connectivity index (χ2n) is 8.68. The van der Waals surface area contributed by atoms with Crippen LogP contribution < -0.4 is 14.2 Å². The zero-order valence-electron chi connectivity index (χ0n) is 18.6. The third-order valence-corrected chi connectivity index (χ3v) is 5.31. The minimum Gasteiger partial charge on any atom is -0.493 e. The fourth-order valence-corrected chi connectivity index (χ4v) is 3.00. The van der Waals surface area contributed by atoms with Crippen molar-refractivity contribution >= 4 is 5.97 Å². The van der Waals surface area contributed by atoms with Crippen molar-refractivity contribution in [2.75, 3.05) is 6.61 Å². The Morgan fingerprint density at radius 2 is 1.70 bits per heavy atom. The molecule has 176 valence electrons. The monoisotopic (exact) mass is 462 g/mol. The van der Waals surface area contributed by atoms with Crippen LogP contribution in [0.15, 0.2) is 42.5 Å². The fraction of sp³-hybridized carbons (Fsp3) is 0.400. The lowest BCUT2D eigenvalue weighted by atomic mass is 10.0. The van der Waals surface area contributed by atoms with E-state index in [2.05, 4.69) is 16.6 Å². The van der Waals surface area contributed by atoms with E-state index < -0.39 is 17.9 Å². The molecule has 0 bridgehead atoms. The van der Waals surface area contributed by atoms with Crippen LogP contribution in [0.2, 0.25) is 0 Å². The minimum atomic E-state index is -4.72. The topological polar surface area (TPSA) is 65.0 Å². The van der Waals surface area contributed by atoms with Crippen molar-refractivity contribution in [3.05, 3.63) is 53.6 Å². The van der Waals surface area contributed by atoms with Crippen LogP contribution in [-0.4, -0.2) is 29.6 Å². The Morgan fingerprint density at radius 1 is 1.06 bits per heavy atom. The van der Waals surface area contributed by atoms with Gasteiger partial charge in [-0.1, -0.05) is 11.8 Å². The molecular weight excluding hydrogens is 437 g/mol. The van der Waals surface area contributed by atoms with Gasteiger partial charge in [0, 0.05) is 17.4 Å². The zero-order valence-corrected chi connectivity index (χ0v) is 18.6. The molecule has 3 rings (SSSR count). The third kappa shape index (κ3) is 7.07. The molecule has 1 aliphatic rings. The molecule has 1 saturated carbocycles. The van der Waals surface area contributed by atoms with Crippen molar-refractivity contribution < 1.29 is 37.3 Å². The molecule has 1 aliphatic carbocycles. The second kappa shape index (κ2) is 9.26. The smallest absolute Gasteiger partial charge is 0.493 e. The molecule has 33 heavy (non-hydrogen) atoms. The average Bonchev–Trinajstić information content (AvgIpc) is 3.48. The van der Waals surface area contributed by atoms with Crippen LogP contribution in [0.5, 0.6) is 17.2 Å². The number of aliphatic carboxylic acids is 1. The van der Waals surface area contributed by atoms with Crippen LogP contribution >= 0.6 is 0 Å². The van der Waals surface area contributed by atoms with Gasteiger partial charge in [-0.3, -0.25) is 0 Å². The summed E-state index contributed by atoms with van der Waals surface area (Å²) in [5.41, 5.74) is -0.00264. The summed E-state index contributed by atoms with van der Waals surface area (Å²) < 4.78 is 52.1. The molecule has 0 atom stereocenters. The lowest BCUT2D eigenvalue weighted by Gasteiger charge is -2.23. The summed E-state index contributed by atoms with van der Waals surface area (Å²) >= 11 is 0. The second-order valence-corrected chi connectivity index (χ2v) is 8.68. The van der Waals surface area contributed by atoms with Gasteiger partial charge < -0.3 is 19.3 Å². The van der Waals surface area contributed by atoms with Gasteiger partial charge in [-0.15, -0.1) is 13.2 Å². The van der Waals surface area contributed by atoms with Gasteiger partial charge in [0.2, 0.25) is 0 Å². The standard InChI is InChI=1S/C25H25F3O5/c1-17-15-20(10-11-21(17)33-23(2,3)22(29)30)31-16-24(13-14-24)12-4-5-18-6-8-19(9-7-18)32-25(26,27)28/h6-11,15H,12-14,16H2,1-3H3,(H,29,30). The summed E-state index contributed by atoms with van der Waals surface area (Å²) in [6.45, 7) is 5.29. The first-order valence-corrected chi connectivity index (χ1v) is 10.4. The zero-order chi connectivity index (χ0) is 24.3. The molecule has 0 amide bonds. The fourth-order valence-electron chi connectivity index (χ4n) is 3.00. The number of carboxylic acid groups (broad SMARTS) is 1. The lowest BCUT2D eigenvalue weighted by Crippen LogP contribution is -2.38. The number of rotatable bonds is 8. The van der Waals surface area contributed by atoms with E-state index in [1.54, 1.807) is 18.2 Å². The predicted octanol–water partition coefficient (Wildman–Crippen LogP) is 5.74. The first-order valence-electron chi connectivity index (χ1n) is 10.4. The van der Waals surface area contributed by atoms with E-state index in [0.717, 1.165) is 18.4 Å². The highest BCUT2D eigenvalue weighted by molar-refractivity contribution is 5.76. The maximum Gasteiger partial charge on any atom is 0.573 e. The Bertz CT molecular complexity index is 1060. The molecule has 5 nitrogen and oxygen atoms in total. The van der Waals surface area contributed by atoms with Crippen molar-refractivity contribution in [2.24, 2.45) is 5.41 Å². The summed E-state index contributed by atoms with van der Waals surface area (Å²) in [6, 6.07) is 10.7. The summed E-state index contributed by atoms with van der Waals surface area (Å²) in [5.74, 6) is 5.88. The number of carbonyl (C=O) groups is 1. The largest absolute Gasteiger partial charge is 0.573 e. The summed E-state index contributed by atoms with van der Waals surface area (Å²) in [6.07, 6.45) is -2.15. The normalized spacial score (nSPS) is 14.6. The molecule has 0 unspecified atom stereocenters. The van der Waals surface area contributed by atoms with E-state index in [-0.39, 0.29) is 11.2 Å². The van der Waals surface area contributed by atoms with Crippen LogP contribution in [0.4, 0.5) is 13.2 Å². The molecular formula is C25H25F3O5. The molecule has 0 saturated heterocycles. The highest BCUT2D eigenvalue weighted by atomic mass is 19.4. The first-order chi connectivity index (χ1) is 15.4. The van der Waals surface area contributed by atoms with Crippen molar-refractivity contribution in [3.8, 4) is 29.1 Å². The molecule has 2 aromatic carbocycles. The van der Waals surface area contributed by atoms with E-state index >= 15 is 0 Å². The molecule has 1 fully saturated rings. The van der Waals surface area contributed by atoms with E-state index in [4.69, 9.17) is 9.47 Å². The Labute approximate surface area is 190 Å². The molecule has 1 N–H and O–H groups in total. The van der Waals surface area contributed by atoms with Gasteiger partial charge >= 0.3 is 12.3 Å². The van der Waals surface area contributed by atoms with Crippen molar-refractivity contribution in [3.63, 3.8) is 0 Å². The highest BCUT2D eigenvalue weighted by Gasteiger charge is 2.42. The third-order valence-electron chi connectivity index (χ3n) is 5.31. The number of alkyl halides is 3. The summed E-state index contributed by atoms with van der Waals surface area (Å²) in [4.78, 5) is 11.3. The van der Waals surface area contributed by atoms with Gasteiger partial charge in [0.1, 0.15) is 17.2 Å². The Kier molecular flexibility index (Phi) is 6.82. The quantitative estimate of drug-likeness (QED) is 0.507. The summed E-state index contributed by atoms with van der Waals surface area (Å²) in [7, 11) is 0. The number of halogens is 3. The Balaban J connectivity index is 1.53. The molecule has 0 radical (unpaired) electrons. The predicted molar refractivity (Wildman–Crippen MR) is 115 cm³/mol. The van der Waals surface area contributed by atoms with Crippen molar-refractivity contribution in [2.45, 2.75) is 52.0 Å². The molecule has 0 spiro atoms. The maximum atomic E-state index is 12.2.